The maximum atomic E-state index is 13.1. The van der Waals surface area contributed by atoms with E-state index in [4.69, 9.17) is 24.8 Å². The van der Waals surface area contributed by atoms with Crippen molar-refractivity contribution in [1.29, 1.82) is 0 Å². The Balaban J connectivity index is 1.77. The molecule has 0 saturated carbocycles. The van der Waals surface area contributed by atoms with Crippen molar-refractivity contribution in [2.24, 2.45) is 5.16 Å². The predicted octanol–water partition coefficient (Wildman–Crippen LogP) is 0.439. The number of nitrogens with one attached hydrogen (secondary N) is 1. The largest absolute Gasteiger partial charge is 0.511 e. The van der Waals surface area contributed by atoms with Crippen LogP contribution in [0.3, 0.4) is 0 Å². The molecular weight excluding hydrogens is 518 g/mol. The van der Waals surface area contributed by atoms with Gasteiger partial charge in [-0.25, -0.2) is 14.6 Å². The van der Waals surface area contributed by atoms with Crippen LogP contribution >= 0.6 is 23.1 Å². The number of carbonyl (C=O) groups excluding carboxylic acids is 4. The quantitative estimate of drug-likeness (QED) is 0.137. The highest BCUT2D eigenvalue weighted by molar-refractivity contribution is 8.00. The number of nitrogens with two attached hydrogens (primary N) is 1. The number of aromatic nitrogens is 1. The minimum atomic E-state index is -1.27. The maximum absolute atomic E-state index is 13.1. The van der Waals surface area contributed by atoms with Crippen LogP contribution in [0.1, 0.15) is 19.5 Å². The summed E-state index contributed by atoms with van der Waals surface area (Å²) in [5.41, 5.74) is 6.20. The zero-order valence-corrected chi connectivity index (χ0v) is 21.5. The Morgan fingerprint density at radius 2 is 2.08 bits per heavy atom. The summed E-state index contributed by atoms with van der Waals surface area (Å²) in [5, 5.41) is 7.63. The van der Waals surface area contributed by atoms with Crippen molar-refractivity contribution >= 4 is 57.9 Å². The molecule has 1 aromatic rings. The number of methoxy groups -OCH3 is 2. The van der Waals surface area contributed by atoms with Gasteiger partial charge in [-0.1, -0.05) is 5.16 Å². The molecule has 0 spiro atoms. The number of hydrogen-bond acceptors (Lipinski definition) is 14. The van der Waals surface area contributed by atoms with Gasteiger partial charge in [0.05, 0.1) is 13.7 Å². The normalized spacial score (nSPS) is 20.2. The van der Waals surface area contributed by atoms with Crippen molar-refractivity contribution in [1.82, 2.24) is 15.2 Å². The highest BCUT2D eigenvalue weighted by Gasteiger charge is 2.55. The van der Waals surface area contributed by atoms with E-state index in [0.717, 1.165) is 18.4 Å². The lowest BCUT2D eigenvalue weighted by atomic mass is 10.0. The standard InChI is InChI=1S/C20H25N5O9S2/c1-5-32-24-12(11-8-36-19(21)22-11)15(26)23-13-16(27)25-14(10(6-30-3)7-35-17(13)25)18(28)33-9(2)34-20(29)31-4/h8-9,13,17H,5-7H2,1-4H3,(H2,21,22)(H,23,26)/b24-12+/t9?,13?,17-/m1/s1. The number of thiazole rings is 1. The van der Waals surface area contributed by atoms with Gasteiger partial charge in [0, 0.05) is 25.2 Å². The Labute approximate surface area is 214 Å². The molecule has 3 N–H and O–H groups in total. The first kappa shape index (κ1) is 27.2. The summed E-state index contributed by atoms with van der Waals surface area (Å²) in [4.78, 5) is 60.6. The van der Waals surface area contributed by atoms with Gasteiger partial charge in [-0.05, 0) is 12.5 Å². The molecule has 0 aliphatic carbocycles. The minimum Gasteiger partial charge on any atom is -0.438 e. The molecule has 3 rings (SSSR count). The molecular formula is C20H25N5O9S2. The van der Waals surface area contributed by atoms with Crippen LogP contribution in [0.15, 0.2) is 21.8 Å². The number of thioether (sulfide) groups is 1. The SMILES string of the molecule is CCO/N=C(/C(=O)NC1C(=O)N2C(C(=O)OC(C)OC(=O)OC)=C(COC)CS[C@H]12)c1csc(N)n1. The van der Waals surface area contributed by atoms with Gasteiger partial charge in [0.25, 0.3) is 11.8 Å². The van der Waals surface area contributed by atoms with Crippen molar-refractivity contribution in [3.8, 4) is 0 Å². The van der Waals surface area contributed by atoms with Crippen LogP contribution in [-0.4, -0.2) is 90.4 Å². The molecule has 2 amide bonds. The van der Waals surface area contributed by atoms with E-state index in [9.17, 15) is 19.2 Å². The first-order valence-corrected chi connectivity index (χ1v) is 12.5. The zero-order chi connectivity index (χ0) is 26.4. The van der Waals surface area contributed by atoms with Gasteiger partial charge in [-0.15, -0.1) is 23.1 Å². The van der Waals surface area contributed by atoms with Gasteiger partial charge >= 0.3 is 12.1 Å². The Kier molecular flexibility index (Phi) is 9.11. The smallest absolute Gasteiger partial charge is 0.438 e. The molecule has 0 radical (unpaired) electrons. The van der Waals surface area contributed by atoms with Crippen LogP contribution < -0.4 is 11.1 Å². The Morgan fingerprint density at radius 1 is 1.33 bits per heavy atom. The van der Waals surface area contributed by atoms with Crippen molar-refractivity contribution in [3.63, 3.8) is 0 Å². The number of nitrogen functional groups attached to an aromatic ring is 1. The van der Waals surface area contributed by atoms with Crippen LogP contribution in [0.25, 0.3) is 0 Å². The number of β-lactam (4-membered cyclic amide) rings is 1. The monoisotopic (exact) mass is 543 g/mol. The van der Waals surface area contributed by atoms with Crippen molar-refractivity contribution in [2.45, 2.75) is 31.6 Å². The van der Waals surface area contributed by atoms with E-state index < -0.39 is 41.6 Å². The number of fused-ring (bicyclic) bond motifs is 1. The number of esters is 1. The number of nitrogens with zero attached hydrogens (tertiary/aromatic N) is 3. The van der Waals surface area contributed by atoms with Gasteiger partial charge < -0.3 is 34.8 Å². The fourth-order valence-corrected chi connectivity index (χ4v) is 5.19. The Bertz CT molecular complexity index is 1090. The molecule has 2 aliphatic rings. The number of anilines is 1. The fraction of sp³-hybridized carbons (Fsp3) is 0.500. The summed E-state index contributed by atoms with van der Waals surface area (Å²) in [6, 6.07) is -0.957. The van der Waals surface area contributed by atoms with E-state index in [1.54, 1.807) is 12.3 Å². The van der Waals surface area contributed by atoms with Crippen molar-refractivity contribution in [3.05, 3.63) is 22.3 Å². The summed E-state index contributed by atoms with van der Waals surface area (Å²) in [6.07, 6.45) is -2.31. The zero-order valence-electron chi connectivity index (χ0n) is 19.8. The Morgan fingerprint density at radius 3 is 2.69 bits per heavy atom. The lowest BCUT2D eigenvalue weighted by Gasteiger charge is -2.49. The molecule has 2 aliphatic heterocycles. The summed E-state index contributed by atoms with van der Waals surface area (Å²) < 4.78 is 19.5. The van der Waals surface area contributed by atoms with Crippen molar-refractivity contribution in [2.75, 3.05) is 38.9 Å². The molecule has 1 fully saturated rings. The van der Waals surface area contributed by atoms with Gasteiger partial charge in [0.1, 0.15) is 29.4 Å². The molecule has 36 heavy (non-hydrogen) atoms. The maximum Gasteiger partial charge on any atom is 0.511 e. The summed E-state index contributed by atoms with van der Waals surface area (Å²) in [6.45, 7) is 3.29. The molecule has 16 heteroatoms. The first-order chi connectivity index (χ1) is 17.2. The predicted molar refractivity (Wildman–Crippen MR) is 128 cm³/mol. The van der Waals surface area contributed by atoms with E-state index >= 15 is 0 Å². The number of ether oxygens (including phenoxy) is 4. The molecule has 1 aromatic heterocycles. The number of oxime groups is 1. The van der Waals surface area contributed by atoms with Gasteiger partial charge in [-0.3, -0.25) is 14.5 Å². The molecule has 1 saturated heterocycles. The number of hydrogen-bond donors (Lipinski definition) is 2. The average molecular weight is 544 g/mol. The van der Waals surface area contributed by atoms with Gasteiger partial charge in [-0.2, -0.15) is 0 Å². The van der Waals surface area contributed by atoms with Crippen molar-refractivity contribution < 1.29 is 43.0 Å². The minimum absolute atomic E-state index is 0.0353. The van der Waals surface area contributed by atoms with E-state index in [1.165, 1.54) is 30.7 Å². The molecule has 3 heterocycles. The third-order valence-corrected chi connectivity index (χ3v) is 6.83. The average Bonchev–Trinajstić information content (AvgIpc) is 3.28. The lowest BCUT2D eigenvalue weighted by molar-refractivity contribution is -0.168. The second-order valence-corrected chi connectivity index (χ2v) is 9.21. The van der Waals surface area contributed by atoms with Crippen LogP contribution in [0.2, 0.25) is 0 Å². The molecule has 0 aromatic carbocycles. The van der Waals surface area contributed by atoms with Crippen LogP contribution in [-0.2, 0) is 38.2 Å². The first-order valence-electron chi connectivity index (χ1n) is 10.5. The molecule has 196 valence electrons. The van der Waals surface area contributed by atoms with E-state index in [0.29, 0.717) is 11.3 Å². The number of carbonyl (C=O) groups is 4. The van der Waals surface area contributed by atoms with E-state index in [-0.39, 0.29) is 35.4 Å². The third-order valence-electron chi connectivity index (χ3n) is 4.81. The van der Waals surface area contributed by atoms with Crippen LogP contribution in [0.5, 0.6) is 0 Å². The molecule has 2 unspecified atom stereocenters. The van der Waals surface area contributed by atoms with E-state index in [1.807, 2.05) is 0 Å². The summed E-state index contributed by atoms with van der Waals surface area (Å²) in [7, 11) is 2.56. The highest BCUT2D eigenvalue weighted by atomic mass is 32.2. The lowest BCUT2D eigenvalue weighted by Crippen LogP contribution is -2.71. The summed E-state index contributed by atoms with van der Waals surface area (Å²) in [5.74, 6) is -1.80. The molecule has 3 atom stereocenters. The second kappa shape index (κ2) is 12.0. The van der Waals surface area contributed by atoms with Crippen LogP contribution in [0.4, 0.5) is 9.93 Å². The number of rotatable bonds is 10. The topological polar surface area (TPSA) is 181 Å². The Hall–Kier alpha value is -3.37. The van der Waals surface area contributed by atoms with Gasteiger partial charge in [0.15, 0.2) is 10.8 Å². The second-order valence-electron chi connectivity index (χ2n) is 7.22. The van der Waals surface area contributed by atoms with Gasteiger partial charge in [0.2, 0.25) is 6.29 Å². The van der Waals surface area contributed by atoms with E-state index in [2.05, 4.69) is 20.2 Å². The fourth-order valence-electron chi connectivity index (χ4n) is 3.31. The highest BCUT2D eigenvalue weighted by Crippen LogP contribution is 2.41. The molecule has 0 bridgehead atoms. The van der Waals surface area contributed by atoms with Crippen LogP contribution in [0, 0.1) is 0 Å². The summed E-state index contributed by atoms with van der Waals surface area (Å²) >= 11 is 2.45. The molecule has 14 nitrogen and oxygen atoms in total. The third kappa shape index (κ3) is 5.88. The number of amides is 2.